The largest absolute Gasteiger partial charge is 0.476 e. The Bertz CT molecular complexity index is 705. The van der Waals surface area contributed by atoms with Gasteiger partial charge in [0, 0.05) is 6.54 Å². The SMILES string of the molecule is CCCCCCCCCCCCCCCCNC(=S)NN=C(C=Cc1ccccc1)C(=O)O. The molecule has 0 fully saturated rings. The van der Waals surface area contributed by atoms with Crippen molar-refractivity contribution in [3.8, 4) is 0 Å². The first-order chi connectivity index (χ1) is 16.1. The van der Waals surface area contributed by atoms with Gasteiger partial charge in [0.05, 0.1) is 0 Å². The number of nitrogens with one attached hydrogen (secondary N) is 2. The van der Waals surface area contributed by atoms with Crippen molar-refractivity contribution in [1.29, 1.82) is 0 Å². The summed E-state index contributed by atoms with van der Waals surface area (Å²) in [6.45, 7) is 3.03. The van der Waals surface area contributed by atoms with Crippen LogP contribution in [0.2, 0.25) is 0 Å². The van der Waals surface area contributed by atoms with Crippen LogP contribution in [0.5, 0.6) is 0 Å². The molecular formula is C27H43N3O2S. The van der Waals surface area contributed by atoms with Crippen LogP contribution in [0.3, 0.4) is 0 Å². The molecule has 0 aliphatic carbocycles. The lowest BCUT2D eigenvalue weighted by Crippen LogP contribution is -2.33. The van der Waals surface area contributed by atoms with Crippen LogP contribution in [-0.4, -0.2) is 28.4 Å². The van der Waals surface area contributed by atoms with Crippen LogP contribution in [-0.2, 0) is 4.79 Å². The van der Waals surface area contributed by atoms with E-state index in [9.17, 15) is 9.90 Å². The van der Waals surface area contributed by atoms with Gasteiger partial charge in [0.15, 0.2) is 10.8 Å². The fourth-order valence-corrected chi connectivity index (χ4v) is 3.72. The van der Waals surface area contributed by atoms with Gasteiger partial charge in [0.1, 0.15) is 0 Å². The molecular weight excluding hydrogens is 430 g/mol. The van der Waals surface area contributed by atoms with Crippen LogP contribution in [0.15, 0.2) is 41.5 Å². The number of hydrogen-bond donors (Lipinski definition) is 3. The Balaban J connectivity index is 2.02. The van der Waals surface area contributed by atoms with Crippen LogP contribution in [0.4, 0.5) is 0 Å². The van der Waals surface area contributed by atoms with Crippen LogP contribution >= 0.6 is 12.2 Å². The van der Waals surface area contributed by atoms with Gasteiger partial charge in [0.2, 0.25) is 0 Å². The van der Waals surface area contributed by atoms with E-state index in [1.807, 2.05) is 30.3 Å². The van der Waals surface area contributed by atoms with E-state index in [1.54, 1.807) is 6.08 Å². The summed E-state index contributed by atoms with van der Waals surface area (Å²) in [5, 5.41) is 16.6. The van der Waals surface area contributed by atoms with Crippen molar-refractivity contribution in [3.63, 3.8) is 0 Å². The number of hydrazone groups is 1. The summed E-state index contributed by atoms with van der Waals surface area (Å²) in [4.78, 5) is 11.4. The molecule has 5 nitrogen and oxygen atoms in total. The van der Waals surface area contributed by atoms with Crippen molar-refractivity contribution in [1.82, 2.24) is 10.7 Å². The molecule has 0 radical (unpaired) electrons. The fourth-order valence-electron chi connectivity index (χ4n) is 3.57. The number of carboxylic acid groups (broad SMARTS) is 1. The second-order valence-corrected chi connectivity index (χ2v) is 8.92. The monoisotopic (exact) mass is 473 g/mol. The smallest absolute Gasteiger partial charge is 0.356 e. The molecule has 0 aromatic heterocycles. The van der Waals surface area contributed by atoms with Crippen molar-refractivity contribution < 1.29 is 9.90 Å². The van der Waals surface area contributed by atoms with Crippen molar-refractivity contribution in [2.24, 2.45) is 5.10 Å². The molecule has 1 aromatic rings. The summed E-state index contributed by atoms with van der Waals surface area (Å²) in [6.07, 6.45) is 21.8. The van der Waals surface area contributed by atoms with Crippen LogP contribution < -0.4 is 10.7 Å². The molecule has 0 saturated heterocycles. The Morgan fingerprint density at radius 3 is 1.91 bits per heavy atom. The van der Waals surface area contributed by atoms with Crippen molar-refractivity contribution in [2.75, 3.05) is 6.54 Å². The lowest BCUT2D eigenvalue weighted by molar-refractivity contribution is -0.129. The number of benzene rings is 1. The summed E-state index contributed by atoms with van der Waals surface area (Å²) in [5.74, 6) is -1.11. The Kier molecular flexibility index (Phi) is 17.8. The van der Waals surface area contributed by atoms with Gasteiger partial charge in [-0.25, -0.2) is 4.79 Å². The number of carbonyl (C=O) groups is 1. The highest BCUT2D eigenvalue weighted by Crippen LogP contribution is 2.12. The summed E-state index contributed by atoms with van der Waals surface area (Å²) >= 11 is 5.19. The van der Waals surface area contributed by atoms with Crippen molar-refractivity contribution in [3.05, 3.63) is 42.0 Å². The van der Waals surface area contributed by atoms with Gasteiger partial charge in [-0.1, -0.05) is 127 Å². The Labute approximate surface area is 206 Å². The summed E-state index contributed by atoms with van der Waals surface area (Å²) in [6, 6.07) is 9.49. The van der Waals surface area contributed by atoms with Crippen molar-refractivity contribution in [2.45, 2.75) is 96.8 Å². The van der Waals surface area contributed by atoms with E-state index in [1.165, 1.54) is 89.5 Å². The maximum absolute atomic E-state index is 11.4. The molecule has 0 amide bonds. The zero-order valence-corrected chi connectivity index (χ0v) is 21.2. The topological polar surface area (TPSA) is 73.7 Å². The minimum atomic E-state index is -1.11. The van der Waals surface area contributed by atoms with Gasteiger partial charge in [0.25, 0.3) is 0 Å². The van der Waals surface area contributed by atoms with Gasteiger partial charge in [-0.2, -0.15) is 5.10 Å². The average Bonchev–Trinajstić information content (AvgIpc) is 2.82. The Morgan fingerprint density at radius 2 is 1.39 bits per heavy atom. The minimum Gasteiger partial charge on any atom is -0.476 e. The predicted molar refractivity (Wildman–Crippen MR) is 145 cm³/mol. The highest BCUT2D eigenvalue weighted by molar-refractivity contribution is 7.80. The maximum Gasteiger partial charge on any atom is 0.356 e. The van der Waals surface area contributed by atoms with E-state index in [0.29, 0.717) is 5.11 Å². The predicted octanol–water partition coefficient (Wildman–Crippen LogP) is 7.09. The first-order valence-corrected chi connectivity index (χ1v) is 13.1. The highest BCUT2D eigenvalue weighted by Gasteiger charge is 2.05. The quantitative estimate of drug-likeness (QED) is 0.0866. The number of rotatable bonds is 19. The molecule has 184 valence electrons. The zero-order valence-electron chi connectivity index (χ0n) is 20.4. The van der Waals surface area contributed by atoms with Crippen molar-refractivity contribution >= 4 is 35.1 Å². The zero-order chi connectivity index (χ0) is 24.0. The first-order valence-electron chi connectivity index (χ1n) is 12.7. The second kappa shape index (κ2) is 20.4. The molecule has 6 heteroatoms. The van der Waals surface area contributed by atoms with Gasteiger partial charge >= 0.3 is 5.97 Å². The van der Waals surface area contributed by atoms with Gasteiger partial charge in [-0.3, -0.25) is 5.43 Å². The van der Waals surface area contributed by atoms with E-state index in [4.69, 9.17) is 12.2 Å². The number of thiocarbonyl (C=S) groups is 1. The lowest BCUT2D eigenvalue weighted by atomic mass is 10.0. The van der Waals surface area contributed by atoms with Gasteiger partial charge < -0.3 is 10.4 Å². The Hall–Kier alpha value is -2.21. The number of hydrogen-bond acceptors (Lipinski definition) is 3. The molecule has 0 saturated carbocycles. The second-order valence-electron chi connectivity index (χ2n) is 8.51. The van der Waals surface area contributed by atoms with E-state index >= 15 is 0 Å². The molecule has 0 aliphatic rings. The summed E-state index contributed by atoms with van der Waals surface area (Å²) in [7, 11) is 0. The van der Waals surface area contributed by atoms with E-state index < -0.39 is 5.97 Å². The standard InChI is InChI=1S/C27H43N3O2S/c1-2-3-4-5-6-7-8-9-10-11-12-13-14-18-23-28-27(33)30-29-25(26(31)32)22-21-24-19-16-15-17-20-24/h15-17,19-22H,2-14,18,23H2,1H3,(H,31,32)(H2,28,30,33). The van der Waals surface area contributed by atoms with Crippen LogP contribution in [0, 0.1) is 0 Å². The first kappa shape index (κ1) is 28.8. The highest BCUT2D eigenvalue weighted by atomic mass is 32.1. The molecule has 0 unspecified atom stereocenters. The summed E-state index contributed by atoms with van der Waals surface area (Å²) < 4.78 is 0. The molecule has 0 atom stereocenters. The van der Waals surface area contributed by atoms with Crippen LogP contribution in [0.1, 0.15) is 102 Å². The third-order valence-corrected chi connectivity index (χ3v) is 5.78. The normalized spacial score (nSPS) is 11.6. The number of nitrogens with zero attached hydrogens (tertiary/aromatic N) is 1. The van der Waals surface area contributed by atoms with Gasteiger partial charge in [-0.05, 0) is 30.3 Å². The number of unbranched alkanes of at least 4 members (excludes halogenated alkanes) is 13. The van der Waals surface area contributed by atoms with Gasteiger partial charge in [-0.15, -0.1) is 0 Å². The average molecular weight is 474 g/mol. The molecule has 3 N–H and O–H groups in total. The molecule has 1 aromatic carbocycles. The molecule has 0 aliphatic heterocycles. The number of aliphatic carboxylic acids is 1. The molecule has 0 bridgehead atoms. The van der Waals surface area contributed by atoms with Crippen LogP contribution in [0.25, 0.3) is 6.08 Å². The third-order valence-electron chi connectivity index (χ3n) is 5.55. The fraction of sp³-hybridized carbons (Fsp3) is 0.593. The molecule has 1 rings (SSSR count). The molecule has 33 heavy (non-hydrogen) atoms. The lowest BCUT2D eigenvalue weighted by Gasteiger charge is -2.07. The van der Waals surface area contributed by atoms with E-state index in [2.05, 4.69) is 22.8 Å². The number of carboxylic acids is 1. The third kappa shape index (κ3) is 17.0. The van der Waals surface area contributed by atoms with E-state index in [-0.39, 0.29) is 5.71 Å². The maximum atomic E-state index is 11.4. The molecule has 0 spiro atoms. The molecule has 0 heterocycles. The Morgan fingerprint density at radius 1 is 0.879 bits per heavy atom. The summed E-state index contributed by atoms with van der Waals surface area (Å²) in [5.41, 5.74) is 3.44. The van der Waals surface area contributed by atoms with E-state index in [0.717, 1.165) is 18.5 Å². The minimum absolute atomic E-state index is 0.0977.